The van der Waals surface area contributed by atoms with Crippen LogP contribution in [0.2, 0.25) is 0 Å². The Morgan fingerprint density at radius 1 is 1.47 bits per heavy atom. The highest BCUT2D eigenvalue weighted by Crippen LogP contribution is 2.31. The predicted molar refractivity (Wildman–Crippen MR) is 62.8 cm³/mol. The summed E-state index contributed by atoms with van der Waals surface area (Å²) in [5.41, 5.74) is 2.81. The summed E-state index contributed by atoms with van der Waals surface area (Å²) in [5, 5.41) is 0. The number of pyridine rings is 1. The monoisotopic (exact) mass is 204 g/mol. The summed E-state index contributed by atoms with van der Waals surface area (Å²) in [6, 6.07) is 2.82. The van der Waals surface area contributed by atoms with Crippen molar-refractivity contribution in [2.75, 3.05) is 13.1 Å². The number of hydrogen-bond donors (Lipinski definition) is 0. The van der Waals surface area contributed by atoms with Crippen LogP contribution in [0.4, 0.5) is 0 Å². The third-order valence-corrected chi connectivity index (χ3v) is 3.44. The van der Waals surface area contributed by atoms with E-state index in [0.29, 0.717) is 6.04 Å². The fourth-order valence-electron chi connectivity index (χ4n) is 2.58. The van der Waals surface area contributed by atoms with Crippen LogP contribution < -0.4 is 0 Å². The molecule has 2 heteroatoms. The lowest BCUT2D eigenvalue weighted by atomic mass is 9.93. The van der Waals surface area contributed by atoms with Gasteiger partial charge in [0, 0.05) is 18.4 Å². The minimum absolute atomic E-state index is 0.631. The average molecular weight is 204 g/mol. The Morgan fingerprint density at radius 2 is 2.33 bits per heavy atom. The van der Waals surface area contributed by atoms with Crippen molar-refractivity contribution < 1.29 is 0 Å². The number of piperidine rings is 1. The van der Waals surface area contributed by atoms with Crippen molar-refractivity contribution in [1.29, 1.82) is 0 Å². The lowest BCUT2D eigenvalue weighted by molar-refractivity contribution is 0.156. The minimum Gasteiger partial charge on any atom is -0.297 e. The van der Waals surface area contributed by atoms with Crippen LogP contribution in [-0.4, -0.2) is 23.0 Å². The summed E-state index contributed by atoms with van der Waals surface area (Å²) in [4.78, 5) is 6.76. The first-order valence-electron chi connectivity index (χ1n) is 5.97. The van der Waals surface area contributed by atoms with Crippen LogP contribution in [0.1, 0.15) is 43.4 Å². The van der Waals surface area contributed by atoms with Gasteiger partial charge in [0.1, 0.15) is 0 Å². The highest BCUT2D eigenvalue weighted by molar-refractivity contribution is 5.25. The van der Waals surface area contributed by atoms with Crippen molar-refractivity contribution in [3.05, 3.63) is 29.6 Å². The van der Waals surface area contributed by atoms with E-state index < -0.39 is 0 Å². The van der Waals surface area contributed by atoms with Crippen molar-refractivity contribution >= 4 is 0 Å². The van der Waals surface area contributed by atoms with Gasteiger partial charge in [-0.15, -0.1) is 0 Å². The van der Waals surface area contributed by atoms with Gasteiger partial charge in [-0.25, -0.2) is 0 Å². The molecule has 1 fully saturated rings. The predicted octanol–water partition coefficient (Wildman–Crippen LogP) is 2.94. The molecule has 0 spiro atoms. The van der Waals surface area contributed by atoms with Gasteiger partial charge >= 0.3 is 0 Å². The van der Waals surface area contributed by atoms with Crippen LogP contribution in [0, 0.1) is 6.92 Å². The molecule has 2 heterocycles. The largest absolute Gasteiger partial charge is 0.297 e. The lowest BCUT2D eigenvalue weighted by Crippen LogP contribution is -2.33. The van der Waals surface area contributed by atoms with E-state index in [9.17, 15) is 0 Å². The van der Waals surface area contributed by atoms with E-state index >= 15 is 0 Å². The van der Waals surface area contributed by atoms with Gasteiger partial charge in [-0.2, -0.15) is 0 Å². The van der Waals surface area contributed by atoms with E-state index in [1.54, 1.807) is 0 Å². The van der Waals surface area contributed by atoms with Crippen molar-refractivity contribution in [2.24, 2.45) is 0 Å². The summed E-state index contributed by atoms with van der Waals surface area (Å²) in [6.07, 6.45) is 7.93. The zero-order valence-corrected chi connectivity index (χ0v) is 9.74. The first kappa shape index (κ1) is 10.6. The van der Waals surface area contributed by atoms with Crippen LogP contribution in [0.3, 0.4) is 0 Å². The molecule has 1 aliphatic rings. The van der Waals surface area contributed by atoms with Gasteiger partial charge in [-0.05, 0) is 50.0 Å². The van der Waals surface area contributed by atoms with Gasteiger partial charge in [-0.3, -0.25) is 9.88 Å². The summed E-state index contributed by atoms with van der Waals surface area (Å²) in [6.45, 7) is 6.84. The zero-order chi connectivity index (χ0) is 10.7. The van der Waals surface area contributed by atoms with Crippen molar-refractivity contribution in [2.45, 2.75) is 39.2 Å². The lowest BCUT2D eigenvalue weighted by Gasteiger charge is -2.35. The summed E-state index contributed by atoms with van der Waals surface area (Å²) < 4.78 is 0. The fourth-order valence-corrected chi connectivity index (χ4v) is 2.58. The molecule has 1 saturated heterocycles. The summed E-state index contributed by atoms with van der Waals surface area (Å²) in [5.74, 6) is 0. The Bertz CT molecular complexity index is 322. The third kappa shape index (κ3) is 2.20. The molecule has 0 unspecified atom stereocenters. The van der Waals surface area contributed by atoms with Gasteiger partial charge in [0.25, 0.3) is 0 Å². The molecule has 0 aliphatic carbocycles. The smallest absolute Gasteiger partial charge is 0.0351 e. The molecule has 0 radical (unpaired) electrons. The second kappa shape index (κ2) is 4.75. The molecule has 0 saturated carbocycles. The Hall–Kier alpha value is -0.890. The van der Waals surface area contributed by atoms with Gasteiger partial charge in [0.05, 0.1) is 0 Å². The van der Waals surface area contributed by atoms with Crippen LogP contribution in [0.25, 0.3) is 0 Å². The summed E-state index contributed by atoms with van der Waals surface area (Å²) >= 11 is 0. The van der Waals surface area contributed by atoms with Gasteiger partial charge in [0.15, 0.2) is 0 Å². The summed E-state index contributed by atoms with van der Waals surface area (Å²) in [7, 11) is 0. The standard InChI is InChI=1S/C13H20N2/c1-3-15-9-5-4-6-13(15)12-7-8-14-10-11(12)2/h7-8,10,13H,3-6,9H2,1-2H3/t13-/m0/s1. The fraction of sp³-hybridized carbons (Fsp3) is 0.615. The maximum Gasteiger partial charge on any atom is 0.0351 e. The number of rotatable bonds is 2. The van der Waals surface area contributed by atoms with E-state index in [0.717, 1.165) is 6.54 Å². The van der Waals surface area contributed by atoms with Crippen molar-refractivity contribution in [3.63, 3.8) is 0 Å². The molecular weight excluding hydrogens is 184 g/mol. The highest BCUT2D eigenvalue weighted by Gasteiger charge is 2.23. The maximum atomic E-state index is 4.17. The number of likely N-dealkylation sites (tertiary alicyclic amines) is 1. The van der Waals surface area contributed by atoms with Crippen LogP contribution in [0.15, 0.2) is 18.5 Å². The first-order chi connectivity index (χ1) is 7.33. The second-order valence-electron chi connectivity index (χ2n) is 4.37. The maximum absolute atomic E-state index is 4.17. The Morgan fingerprint density at radius 3 is 3.07 bits per heavy atom. The molecule has 2 rings (SSSR count). The first-order valence-corrected chi connectivity index (χ1v) is 5.97. The molecule has 0 aromatic carbocycles. The van der Waals surface area contributed by atoms with E-state index in [1.165, 1.54) is 36.9 Å². The second-order valence-corrected chi connectivity index (χ2v) is 4.37. The normalized spacial score (nSPS) is 22.9. The molecule has 82 valence electrons. The molecule has 1 atom stereocenters. The van der Waals surface area contributed by atoms with Crippen LogP contribution >= 0.6 is 0 Å². The number of aryl methyl sites for hydroxylation is 1. The van der Waals surface area contributed by atoms with E-state index in [4.69, 9.17) is 0 Å². The molecule has 0 N–H and O–H groups in total. The average Bonchev–Trinajstić information content (AvgIpc) is 2.30. The molecule has 2 nitrogen and oxygen atoms in total. The highest BCUT2D eigenvalue weighted by atomic mass is 15.2. The molecule has 1 aliphatic heterocycles. The molecule has 0 bridgehead atoms. The van der Waals surface area contributed by atoms with Gasteiger partial charge in [-0.1, -0.05) is 13.3 Å². The van der Waals surface area contributed by atoms with E-state index in [2.05, 4.69) is 29.8 Å². The number of nitrogens with zero attached hydrogens (tertiary/aromatic N) is 2. The number of hydrogen-bond acceptors (Lipinski definition) is 2. The Kier molecular flexibility index (Phi) is 3.37. The Balaban J connectivity index is 2.24. The van der Waals surface area contributed by atoms with Crippen LogP contribution in [-0.2, 0) is 0 Å². The molecule has 15 heavy (non-hydrogen) atoms. The molecule has 0 amide bonds. The quantitative estimate of drug-likeness (QED) is 0.736. The number of aromatic nitrogens is 1. The van der Waals surface area contributed by atoms with E-state index in [-0.39, 0.29) is 0 Å². The van der Waals surface area contributed by atoms with Crippen molar-refractivity contribution in [3.8, 4) is 0 Å². The SMILES string of the molecule is CCN1CCCC[C@H]1c1ccncc1C. The van der Waals surface area contributed by atoms with Gasteiger partial charge in [0.2, 0.25) is 0 Å². The minimum atomic E-state index is 0.631. The van der Waals surface area contributed by atoms with Crippen LogP contribution in [0.5, 0.6) is 0 Å². The van der Waals surface area contributed by atoms with Crippen molar-refractivity contribution in [1.82, 2.24) is 9.88 Å². The van der Waals surface area contributed by atoms with Gasteiger partial charge < -0.3 is 0 Å². The molecule has 1 aromatic heterocycles. The topological polar surface area (TPSA) is 16.1 Å². The molecule has 1 aromatic rings. The Labute approximate surface area is 92.3 Å². The molecular formula is C13H20N2. The zero-order valence-electron chi connectivity index (χ0n) is 9.74. The third-order valence-electron chi connectivity index (χ3n) is 3.44. The van der Waals surface area contributed by atoms with E-state index in [1.807, 2.05) is 12.4 Å².